The van der Waals surface area contributed by atoms with Crippen molar-refractivity contribution in [1.29, 1.82) is 0 Å². The van der Waals surface area contributed by atoms with Crippen LogP contribution < -0.4 is 11.1 Å². The molecule has 0 radical (unpaired) electrons. The van der Waals surface area contributed by atoms with E-state index >= 15 is 0 Å². The molecule has 0 spiro atoms. The fraction of sp³-hybridized carbons (Fsp3) is 0.846. The number of thiocarbonyl (C=S) groups is 1. The molecule has 98 valence electrons. The lowest BCUT2D eigenvalue weighted by Gasteiger charge is -2.23. The monoisotopic (exact) mass is 256 g/mol. The van der Waals surface area contributed by atoms with Crippen molar-refractivity contribution in [1.82, 2.24) is 5.32 Å². The topological polar surface area (TPSA) is 55.1 Å². The van der Waals surface area contributed by atoms with Gasteiger partial charge in [0.15, 0.2) is 0 Å². The first-order valence-corrected chi connectivity index (χ1v) is 7.13. The minimum atomic E-state index is -0.279. The number of carbonyl (C=O) groups is 1. The van der Waals surface area contributed by atoms with Gasteiger partial charge in [-0.1, -0.05) is 44.8 Å². The van der Waals surface area contributed by atoms with Crippen molar-refractivity contribution in [3.63, 3.8) is 0 Å². The Hall–Kier alpha value is -0.640. The van der Waals surface area contributed by atoms with E-state index in [4.69, 9.17) is 18.0 Å². The van der Waals surface area contributed by atoms with Crippen LogP contribution in [0.4, 0.5) is 0 Å². The number of hydrogen-bond acceptors (Lipinski definition) is 2. The predicted molar refractivity (Wildman–Crippen MR) is 74.8 cm³/mol. The molecule has 1 unspecified atom stereocenters. The molecule has 0 aromatic heterocycles. The molecule has 1 fully saturated rings. The summed E-state index contributed by atoms with van der Waals surface area (Å²) >= 11 is 4.95. The number of hydrogen-bond donors (Lipinski definition) is 2. The SMILES string of the molecule is CCCC(C(=O)NCC1CCCCC1)C(N)=S. The summed E-state index contributed by atoms with van der Waals surface area (Å²) in [5.41, 5.74) is 5.60. The summed E-state index contributed by atoms with van der Waals surface area (Å²) in [6, 6.07) is 0. The minimum Gasteiger partial charge on any atom is -0.393 e. The van der Waals surface area contributed by atoms with Crippen LogP contribution in [0.3, 0.4) is 0 Å². The van der Waals surface area contributed by atoms with Gasteiger partial charge in [-0.15, -0.1) is 0 Å². The fourth-order valence-electron chi connectivity index (χ4n) is 2.45. The van der Waals surface area contributed by atoms with Gasteiger partial charge in [0, 0.05) is 6.54 Å². The van der Waals surface area contributed by atoms with Gasteiger partial charge in [0.25, 0.3) is 0 Å². The van der Waals surface area contributed by atoms with E-state index in [1.54, 1.807) is 0 Å². The second-order valence-electron chi connectivity index (χ2n) is 4.99. The summed E-state index contributed by atoms with van der Waals surface area (Å²) in [7, 11) is 0. The summed E-state index contributed by atoms with van der Waals surface area (Å²) in [5.74, 6) is 0.393. The Balaban J connectivity index is 2.33. The van der Waals surface area contributed by atoms with Gasteiger partial charge in [0.05, 0.1) is 10.9 Å². The summed E-state index contributed by atoms with van der Waals surface area (Å²) in [6.07, 6.45) is 8.11. The molecule has 0 aliphatic heterocycles. The number of carbonyl (C=O) groups excluding carboxylic acids is 1. The van der Waals surface area contributed by atoms with E-state index in [-0.39, 0.29) is 11.8 Å². The highest BCUT2D eigenvalue weighted by molar-refractivity contribution is 7.80. The highest BCUT2D eigenvalue weighted by Gasteiger charge is 2.21. The molecule has 0 aromatic carbocycles. The molecule has 1 atom stereocenters. The normalized spacial score (nSPS) is 18.6. The van der Waals surface area contributed by atoms with Gasteiger partial charge >= 0.3 is 0 Å². The molecule has 3 N–H and O–H groups in total. The molecule has 0 heterocycles. The van der Waals surface area contributed by atoms with Gasteiger partial charge in [0.1, 0.15) is 0 Å². The lowest BCUT2D eigenvalue weighted by Crippen LogP contribution is -2.40. The Labute approximate surface area is 110 Å². The van der Waals surface area contributed by atoms with Crippen molar-refractivity contribution in [2.24, 2.45) is 17.6 Å². The van der Waals surface area contributed by atoms with Crippen LogP contribution >= 0.6 is 12.2 Å². The van der Waals surface area contributed by atoms with Crippen molar-refractivity contribution >= 4 is 23.1 Å². The standard InChI is InChI=1S/C13H24N2OS/c1-2-6-11(12(14)17)13(16)15-9-10-7-4-3-5-8-10/h10-11H,2-9H2,1H3,(H2,14,17)(H,15,16). The highest BCUT2D eigenvalue weighted by Crippen LogP contribution is 2.22. The zero-order valence-electron chi connectivity index (χ0n) is 10.7. The second kappa shape index (κ2) is 7.64. The number of nitrogens with one attached hydrogen (secondary N) is 1. The zero-order chi connectivity index (χ0) is 12.7. The molecule has 3 nitrogen and oxygen atoms in total. The van der Waals surface area contributed by atoms with E-state index in [0.29, 0.717) is 10.9 Å². The largest absolute Gasteiger partial charge is 0.393 e. The lowest BCUT2D eigenvalue weighted by atomic mass is 9.89. The molecular weight excluding hydrogens is 232 g/mol. The molecule has 1 aliphatic carbocycles. The second-order valence-corrected chi connectivity index (χ2v) is 5.46. The predicted octanol–water partition coefficient (Wildman–Crippen LogP) is 2.39. The number of amides is 1. The molecule has 1 aliphatic rings. The third kappa shape index (κ3) is 5.02. The summed E-state index contributed by atoms with van der Waals surface area (Å²) in [4.78, 5) is 12.3. The van der Waals surface area contributed by atoms with Crippen LogP contribution in [0.1, 0.15) is 51.9 Å². The van der Waals surface area contributed by atoms with Gasteiger partial charge in [-0.25, -0.2) is 0 Å². The maximum Gasteiger partial charge on any atom is 0.229 e. The first kappa shape index (κ1) is 14.4. The molecule has 0 aromatic rings. The smallest absolute Gasteiger partial charge is 0.229 e. The van der Waals surface area contributed by atoms with Crippen LogP contribution in [0.2, 0.25) is 0 Å². The Morgan fingerprint density at radius 1 is 1.41 bits per heavy atom. The Morgan fingerprint density at radius 3 is 2.59 bits per heavy atom. The molecule has 17 heavy (non-hydrogen) atoms. The van der Waals surface area contributed by atoms with E-state index in [1.807, 2.05) is 6.92 Å². The van der Waals surface area contributed by atoms with Crippen LogP contribution in [-0.2, 0) is 4.79 Å². The maximum absolute atomic E-state index is 11.9. The van der Waals surface area contributed by atoms with Gasteiger partial charge in [-0.05, 0) is 25.2 Å². The van der Waals surface area contributed by atoms with E-state index < -0.39 is 0 Å². The number of nitrogens with two attached hydrogens (primary N) is 1. The maximum atomic E-state index is 11.9. The third-order valence-corrected chi connectivity index (χ3v) is 3.81. The Morgan fingerprint density at radius 2 is 2.06 bits per heavy atom. The number of rotatable bonds is 6. The average Bonchev–Trinajstić information content (AvgIpc) is 2.34. The van der Waals surface area contributed by atoms with Crippen LogP contribution in [-0.4, -0.2) is 17.4 Å². The van der Waals surface area contributed by atoms with Gasteiger partial charge in [0.2, 0.25) is 5.91 Å². The van der Waals surface area contributed by atoms with E-state index in [9.17, 15) is 4.79 Å². The minimum absolute atomic E-state index is 0.0184. The zero-order valence-corrected chi connectivity index (χ0v) is 11.5. The first-order valence-electron chi connectivity index (χ1n) is 6.72. The van der Waals surface area contributed by atoms with Crippen molar-refractivity contribution in [3.05, 3.63) is 0 Å². The van der Waals surface area contributed by atoms with Gasteiger partial charge in [-0.2, -0.15) is 0 Å². The summed E-state index contributed by atoms with van der Waals surface area (Å²) in [5, 5.41) is 3.01. The van der Waals surface area contributed by atoms with Crippen LogP contribution in [0.15, 0.2) is 0 Å². The van der Waals surface area contributed by atoms with Crippen molar-refractivity contribution in [3.8, 4) is 0 Å². The fourth-order valence-corrected chi connectivity index (χ4v) is 2.68. The quantitative estimate of drug-likeness (QED) is 0.717. The molecule has 1 rings (SSSR count). The molecule has 1 saturated carbocycles. The highest BCUT2D eigenvalue weighted by atomic mass is 32.1. The molecule has 0 bridgehead atoms. The molecule has 1 amide bonds. The van der Waals surface area contributed by atoms with Crippen LogP contribution in [0.25, 0.3) is 0 Å². The van der Waals surface area contributed by atoms with Crippen molar-refractivity contribution in [2.75, 3.05) is 6.54 Å². The molecule has 4 heteroatoms. The van der Waals surface area contributed by atoms with Crippen LogP contribution in [0, 0.1) is 11.8 Å². The summed E-state index contributed by atoms with van der Waals surface area (Å²) < 4.78 is 0. The van der Waals surface area contributed by atoms with Gasteiger partial charge < -0.3 is 11.1 Å². The van der Waals surface area contributed by atoms with E-state index in [0.717, 1.165) is 19.4 Å². The van der Waals surface area contributed by atoms with Crippen molar-refractivity contribution < 1.29 is 4.79 Å². The molecule has 0 saturated heterocycles. The first-order chi connectivity index (χ1) is 8.15. The van der Waals surface area contributed by atoms with E-state index in [2.05, 4.69) is 5.32 Å². The average molecular weight is 256 g/mol. The third-order valence-electron chi connectivity index (χ3n) is 3.53. The van der Waals surface area contributed by atoms with Gasteiger partial charge in [-0.3, -0.25) is 4.79 Å². The van der Waals surface area contributed by atoms with Crippen molar-refractivity contribution in [2.45, 2.75) is 51.9 Å². The Kier molecular flexibility index (Phi) is 6.48. The molecular formula is C13H24N2OS. The van der Waals surface area contributed by atoms with E-state index in [1.165, 1.54) is 32.1 Å². The van der Waals surface area contributed by atoms with Crippen LogP contribution in [0.5, 0.6) is 0 Å². The Bertz CT molecular complexity index is 262. The summed E-state index contributed by atoms with van der Waals surface area (Å²) in [6.45, 7) is 2.83. The lowest BCUT2D eigenvalue weighted by molar-refractivity contribution is -0.123.